The minimum Gasteiger partial charge on any atom is -0.481 e. The molecule has 0 heterocycles. The summed E-state index contributed by atoms with van der Waals surface area (Å²) in [6.07, 6.45) is 6.94. The smallest absolute Gasteiger partial charge is 0.308 e. The van der Waals surface area contributed by atoms with Gasteiger partial charge in [0, 0.05) is 18.6 Å². The average molecular weight is 399 g/mol. The van der Waals surface area contributed by atoms with Crippen molar-refractivity contribution in [1.29, 1.82) is 0 Å². The van der Waals surface area contributed by atoms with E-state index in [4.69, 9.17) is 14.6 Å². The Bertz CT molecular complexity index is 537. The van der Waals surface area contributed by atoms with E-state index in [1.165, 1.54) is 7.11 Å². The summed E-state index contributed by atoms with van der Waals surface area (Å²) in [6.45, 7) is 0.120. The Morgan fingerprint density at radius 2 is 1.75 bits per heavy atom. The van der Waals surface area contributed by atoms with E-state index in [0.29, 0.717) is 38.5 Å². The highest BCUT2D eigenvalue weighted by Gasteiger charge is 2.42. The Morgan fingerprint density at radius 3 is 2.29 bits per heavy atom. The minimum absolute atomic E-state index is 0.00530. The first-order valence-electron chi connectivity index (χ1n) is 10.2. The SMILES string of the molecule is COCOC[C@@H](CCC1(C(=O)NC2CCC(C(=O)O)CC2)CCCC1)C(=O)O. The molecule has 0 aromatic carbocycles. The molecule has 8 nitrogen and oxygen atoms in total. The lowest BCUT2D eigenvalue weighted by atomic mass is 9.77. The Balaban J connectivity index is 1.90. The summed E-state index contributed by atoms with van der Waals surface area (Å²) in [4.78, 5) is 35.7. The number of carboxylic acid groups (broad SMARTS) is 2. The molecule has 2 aliphatic rings. The van der Waals surface area contributed by atoms with Crippen LogP contribution < -0.4 is 5.32 Å². The van der Waals surface area contributed by atoms with Crippen molar-refractivity contribution in [2.24, 2.45) is 17.3 Å². The maximum atomic E-state index is 13.1. The highest BCUT2D eigenvalue weighted by atomic mass is 16.7. The molecule has 2 saturated carbocycles. The van der Waals surface area contributed by atoms with Gasteiger partial charge in [-0.1, -0.05) is 12.8 Å². The molecule has 2 aliphatic carbocycles. The van der Waals surface area contributed by atoms with Gasteiger partial charge in [-0.05, 0) is 51.4 Å². The zero-order chi connectivity index (χ0) is 20.6. The quantitative estimate of drug-likeness (QED) is 0.360. The van der Waals surface area contributed by atoms with E-state index in [0.717, 1.165) is 25.7 Å². The van der Waals surface area contributed by atoms with Crippen molar-refractivity contribution in [2.45, 2.75) is 70.3 Å². The van der Waals surface area contributed by atoms with E-state index in [2.05, 4.69) is 5.32 Å². The second-order valence-corrected chi connectivity index (χ2v) is 8.20. The van der Waals surface area contributed by atoms with Crippen molar-refractivity contribution in [2.75, 3.05) is 20.5 Å². The number of carbonyl (C=O) groups excluding carboxylic acids is 1. The van der Waals surface area contributed by atoms with Gasteiger partial charge < -0.3 is 25.0 Å². The second kappa shape index (κ2) is 10.8. The van der Waals surface area contributed by atoms with Gasteiger partial charge in [-0.3, -0.25) is 14.4 Å². The molecule has 28 heavy (non-hydrogen) atoms. The molecule has 0 aliphatic heterocycles. The molecule has 0 bridgehead atoms. The molecule has 0 unspecified atom stereocenters. The molecule has 1 amide bonds. The number of hydrogen-bond donors (Lipinski definition) is 3. The maximum Gasteiger partial charge on any atom is 0.308 e. The van der Waals surface area contributed by atoms with Crippen LogP contribution in [0.15, 0.2) is 0 Å². The molecule has 0 radical (unpaired) electrons. The third kappa shape index (κ3) is 6.17. The van der Waals surface area contributed by atoms with E-state index in [1.807, 2.05) is 0 Å². The summed E-state index contributed by atoms with van der Waals surface area (Å²) in [5, 5.41) is 21.7. The molecule has 2 fully saturated rings. The van der Waals surface area contributed by atoms with Crippen LogP contribution in [0.2, 0.25) is 0 Å². The van der Waals surface area contributed by atoms with Crippen molar-refractivity contribution >= 4 is 17.8 Å². The first kappa shape index (κ1) is 22.6. The molecule has 0 aromatic heterocycles. The highest BCUT2D eigenvalue weighted by molar-refractivity contribution is 5.83. The van der Waals surface area contributed by atoms with Crippen LogP contribution in [0.3, 0.4) is 0 Å². The van der Waals surface area contributed by atoms with Crippen molar-refractivity contribution in [1.82, 2.24) is 5.32 Å². The molecule has 1 atom stereocenters. The van der Waals surface area contributed by atoms with Crippen LogP contribution in [0.1, 0.15) is 64.2 Å². The van der Waals surface area contributed by atoms with Gasteiger partial charge in [-0.2, -0.15) is 0 Å². The Hall–Kier alpha value is -1.67. The number of ether oxygens (including phenoxy) is 2. The number of carbonyl (C=O) groups is 3. The van der Waals surface area contributed by atoms with Crippen LogP contribution in [-0.4, -0.2) is 54.6 Å². The van der Waals surface area contributed by atoms with Gasteiger partial charge in [-0.25, -0.2) is 0 Å². The van der Waals surface area contributed by atoms with Crippen molar-refractivity contribution in [3.05, 3.63) is 0 Å². The van der Waals surface area contributed by atoms with Gasteiger partial charge in [0.2, 0.25) is 5.91 Å². The summed E-state index contributed by atoms with van der Waals surface area (Å²) in [5.74, 6) is -2.64. The van der Waals surface area contributed by atoms with Gasteiger partial charge in [0.1, 0.15) is 6.79 Å². The largest absolute Gasteiger partial charge is 0.481 e. The van der Waals surface area contributed by atoms with E-state index < -0.39 is 23.3 Å². The molecular formula is C20H33NO7. The van der Waals surface area contributed by atoms with Crippen LogP contribution in [-0.2, 0) is 23.9 Å². The highest BCUT2D eigenvalue weighted by Crippen LogP contribution is 2.43. The molecular weight excluding hydrogens is 366 g/mol. The van der Waals surface area contributed by atoms with Crippen molar-refractivity contribution in [3.8, 4) is 0 Å². The van der Waals surface area contributed by atoms with Gasteiger partial charge in [-0.15, -0.1) is 0 Å². The predicted molar refractivity (Wildman–Crippen MR) is 101 cm³/mol. The van der Waals surface area contributed by atoms with E-state index in [-0.39, 0.29) is 31.3 Å². The third-order valence-corrected chi connectivity index (χ3v) is 6.29. The maximum absolute atomic E-state index is 13.1. The number of methoxy groups -OCH3 is 1. The molecule has 3 N–H and O–H groups in total. The van der Waals surface area contributed by atoms with Gasteiger partial charge in [0.25, 0.3) is 0 Å². The fourth-order valence-electron chi connectivity index (χ4n) is 4.47. The lowest BCUT2D eigenvalue weighted by Gasteiger charge is -2.33. The fraction of sp³-hybridized carbons (Fsp3) is 0.850. The van der Waals surface area contributed by atoms with Crippen LogP contribution in [0.5, 0.6) is 0 Å². The molecule has 0 aromatic rings. The van der Waals surface area contributed by atoms with E-state index in [1.54, 1.807) is 0 Å². The van der Waals surface area contributed by atoms with Crippen molar-refractivity contribution < 1.29 is 34.1 Å². The van der Waals surface area contributed by atoms with Gasteiger partial charge in [0.05, 0.1) is 18.4 Å². The van der Waals surface area contributed by atoms with Crippen molar-refractivity contribution in [3.63, 3.8) is 0 Å². The first-order chi connectivity index (χ1) is 13.4. The lowest BCUT2D eigenvalue weighted by Crippen LogP contribution is -2.46. The summed E-state index contributed by atoms with van der Waals surface area (Å²) in [6, 6.07) is 0.0147. The van der Waals surface area contributed by atoms with E-state index in [9.17, 15) is 19.5 Å². The Kier molecular flexibility index (Phi) is 8.69. The van der Waals surface area contributed by atoms with E-state index >= 15 is 0 Å². The van der Waals surface area contributed by atoms with Crippen LogP contribution >= 0.6 is 0 Å². The van der Waals surface area contributed by atoms with Gasteiger partial charge in [0.15, 0.2) is 0 Å². The summed E-state index contributed by atoms with van der Waals surface area (Å²) >= 11 is 0. The molecule has 160 valence electrons. The summed E-state index contributed by atoms with van der Waals surface area (Å²) < 4.78 is 10.0. The lowest BCUT2D eigenvalue weighted by molar-refractivity contribution is -0.147. The minimum atomic E-state index is -0.920. The number of amides is 1. The summed E-state index contributed by atoms with van der Waals surface area (Å²) in [5.41, 5.74) is -0.515. The molecule has 8 heteroatoms. The number of carboxylic acids is 2. The monoisotopic (exact) mass is 399 g/mol. The zero-order valence-electron chi connectivity index (χ0n) is 16.7. The van der Waals surface area contributed by atoms with Crippen LogP contribution in [0, 0.1) is 17.3 Å². The standard InChI is InChI=1S/C20H33NO7/c1-27-13-28-12-15(18(24)25)8-11-20(9-2-3-10-20)19(26)21-16-6-4-14(5-7-16)17(22)23/h14-16H,2-13H2,1H3,(H,21,26)(H,22,23)(H,24,25)/t14?,15-,16?/m1/s1. The predicted octanol–water partition coefficient (Wildman–Crippen LogP) is 2.41. The Morgan fingerprint density at radius 1 is 1.11 bits per heavy atom. The number of rotatable bonds is 11. The van der Waals surface area contributed by atoms with Gasteiger partial charge >= 0.3 is 11.9 Å². The summed E-state index contributed by atoms with van der Waals surface area (Å²) in [7, 11) is 1.48. The zero-order valence-corrected chi connectivity index (χ0v) is 16.7. The topological polar surface area (TPSA) is 122 Å². The average Bonchev–Trinajstić information content (AvgIpc) is 3.15. The number of nitrogens with one attached hydrogen (secondary N) is 1. The second-order valence-electron chi connectivity index (χ2n) is 8.20. The van der Waals surface area contributed by atoms with Crippen LogP contribution in [0.25, 0.3) is 0 Å². The van der Waals surface area contributed by atoms with Crippen LogP contribution in [0.4, 0.5) is 0 Å². The number of hydrogen-bond acceptors (Lipinski definition) is 5. The number of aliphatic carboxylic acids is 2. The molecule has 2 rings (SSSR count). The normalized spacial score (nSPS) is 25.2. The Labute approximate surface area is 166 Å². The third-order valence-electron chi connectivity index (χ3n) is 6.29. The first-order valence-corrected chi connectivity index (χ1v) is 10.2. The molecule has 0 spiro atoms. The fourth-order valence-corrected chi connectivity index (χ4v) is 4.47. The molecule has 0 saturated heterocycles.